The van der Waals surface area contributed by atoms with Gasteiger partial charge in [0.05, 0.1) is 28.1 Å². The van der Waals surface area contributed by atoms with Crippen molar-refractivity contribution < 1.29 is 19.1 Å². The van der Waals surface area contributed by atoms with Crippen molar-refractivity contribution in [3.05, 3.63) is 106 Å². The normalized spacial score (nSPS) is 14.4. The Morgan fingerprint density at radius 3 is 2.54 bits per heavy atom. The third kappa shape index (κ3) is 4.80. The van der Waals surface area contributed by atoms with Crippen LogP contribution in [-0.4, -0.2) is 34.3 Å². The molecule has 0 saturated carbocycles. The molecule has 0 radical (unpaired) electrons. The first-order valence-electron chi connectivity index (χ1n) is 12.5. The minimum atomic E-state index is -0.755. The summed E-state index contributed by atoms with van der Waals surface area (Å²) in [5, 5.41) is 2.94. The van der Waals surface area contributed by atoms with E-state index >= 15 is 0 Å². The zero-order chi connectivity index (χ0) is 26.9. The van der Waals surface area contributed by atoms with Gasteiger partial charge < -0.3 is 15.0 Å². The second kappa shape index (κ2) is 10.2. The molecule has 2 amide bonds. The molecule has 0 bridgehead atoms. The molecule has 1 atom stereocenters. The van der Waals surface area contributed by atoms with Crippen molar-refractivity contribution in [2.24, 2.45) is 0 Å². The number of nitrogens with one attached hydrogen (secondary N) is 2. The van der Waals surface area contributed by atoms with E-state index in [1.165, 1.54) is 11.8 Å². The van der Waals surface area contributed by atoms with Crippen molar-refractivity contribution in [1.29, 1.82) is 0 Å². The fraction of sp³-hybridized carbons (Fsp3) is 0.133. The number of aromatic amines is 1. The highest BCUT2D eigenvalue weighted by molar-refractivity contribution is 7.15. The van der Waals surface area contributed by atoms with E-state index in [2.05, 4.69) is 15.3 Å². The van der Waals surface area contributed by atoms with Gasteiger partial charge in [0.25, 0.3) is 5.91 Å². The van der Waals surface area contributed by atoms with Crippen LogP contribution in [0.2, 0.25) is 0 Å². The van der Waals surface area contributed by atoms with Gasteiger partial charge in [-0.3, -0.25) is 19.3 Å². The van der Waals surface area contributed by atoms with Crippen molar-refractivity contribution in [3.63, 3.8) is 0 Å². The Morgan fingerprint density at radius 1 is 0.974 bits per heavy atom. The molecule has 0 aliphatic carbocycles. The van der Waals surface area contributed by atoms with E-state index in [9.17, 15) is 14.4 Å². The minimum Gasteiger partial charge on any atom is -0.453 e. The van der Waals surface area contributed by atoms with E-state index in [4.69, 9.17) is 4.74 Å². The first-order valence-corrected chi connectivity index (χ1v) is 13.3. The van der Waals surface area contributed by atoms with E-state index in [-0.39, 0.29) is 18.4 Å². The predicted octanol–water partition coefficient (Wildman–Crippen LogP) is 5.22. The maximum absolute atomic E-state index is 13.7. The van der Waals surface area contributed by atoms with Crippen LogP contribution in [0.3, 0.4) is 0 Å². The van der Waals surface area contributed by atoms with E-state index in [1.54, 1.807) is 47.7 Å². The molecule has 39 heavy (non-hydrogen) atoms. The van der Waals surface area contributed by atoms with Crippen LogP contribution < -0.4 is 10.2 Å². The van der Waals surface area contributed by atoms with E-state index in [0.717, 1.165) is 26.6 Å². The number of esters is 1. The number of fused-ring (bicyclic) bond motifs is 3. The Balaban J connectivity index is 1.22. The number of hydrogen-bond acceptors (Lipinski definition) is 6. The third-order valence-corrected chi connectivity index (χ3v) is 7.65. The second-order valence-electron chi connectivity index (χ2n) is 9.17. The van der Waals surface area contributed by atoms with Crippen LogP contribution in [-0.2, 0) is 20.9 Å². The van der Waals surface area contributed by atoms with Crippen molar-refractivity contribution in [2.75, 3.05) is 11.4 Å². The van der Waals surface area contributed by atoms with Gasteiger partial charge in [-0.05, 0) is 36.4 Å². The Hall–Kier alpha value is -4.76. The highest BCUT2D eigenvalue weighted by Crippen LogP contribution is 2.39. The van der Waals surface area contributed by atoms with Gasteiger partial charge in [0.2, 0.25) is 5.91 Å². The monoisotopic (exact) mass is 536 g/mol. The SMILES string of the molecule is CC(=O)OC1c2ccccc2C(=O)N(CC(=O)NCc2ccc(-c3nc4ccccc4[nH]3)s2)c2ccccc21. The lowest BCUT2D eigenvalue weighted by Gasteiger charge is -2.23. The van der Waals surface area contributed by atoms with Crippen molar-refractivity contribution in [2.45, 2.75) is 19.6 Å². The van der Waals surface area contributed by atoms with Crippen LogP contribution in [0.25, 0.3) is 21.7 Å². The molecule has 5 aromatic rings. The Kier molecular flexibility index (Phi) is 6.42. The first-order chi connectivity index (χ1) is 19.0. The summed E-state index contributed by atoms with van der Waals surface area (Å²) in [5.74, 6) is -0.306. The molecule has 2 aromatic heterocycles. The summed E-state index contributed by atoms with van der Waals surface area (Å²) in [6.45, 7) is 1.48. The van der Waals surface area contributed by atoms with Crippen molar-refractivity contribution in [1.82, 2.24) is 15.3 Å². The van der Waals surface area contributed by atoms with Gasteiger partial charge in [0, 0.05) is 28.5 Å². The topological polar surface area (TPSA) is 104 Å². The summed E-state index contributed by atoms with van der Waals surface area (Å²) in [5.41, 5.74) is 4.02. The van der Waals surface area contributed by atoms with Gasteiger partial charge in [-0.25, -0.2) is 4.98 Å². The highest BCUT2D eigenvalue weighted by Gasteiger charge is 2.34. The summed E-state index contributed by atoms with van der Waals surface area (Å²) in [6.07, 6.45) is -0.755. The quantitative estimate of drug-likeness (QED) is 0.290. The number of anilines is 1. The average molecular weight is 537 g/mol. The number of H-pyrrole nitrogens is 1. The molecule has 1 aliphatic rings. The molecule has 8 nitrogen and oxygen atoms in total. The Labute approximate surface area is 228 Å². The number of amides is 2. The second-order valence-corrected chi connectivity index (χ2v) is 10.3. The number of carbonyl (C=O) groups is 3. The molecular weight excluding hydrogens is 512 g/mol. The number of para-hydroxylation sites is 3. The van der Waals surface area contributed by atoms with Gasteiger partial charge in [0.15, 0.2) is 6.10 Å². The van der Waals surface area contributed by atoms with Gasteiger partial charge in [-0.15, -0.1) is 11.3 Å². The Bertz CT molecular complexity index is 1690. The maximum Gasteiger partial charge on any atom is 0.303 e. The van der Waals surface area contributed by atoms with Crippen LogP contribution in [0.15, 0.2) is 84.9 Å². The number of carbonyl (C=O) groups excluding carboxylic acids is 3. The van der Waals surface area contributed by atoms with Crippen LogP contribution in [0, 0.1) is 0 Å². The highest BCUT2D eigenvalue weighted by atomic mass is 32.1. The summed E-state index contributed by atoms with van der Waals surface area (Å²) in [4.78, 5) is 50.1. The predicted molar refractivity (Wildman–Crippen MR) is 149 cm³/mol. The minimum absolute atomic E-state index is 0.182. The standard InChI is InChI=1S/C30H24N4O4S/c1-18(35)38-28-20-8-2-3-9-21(20)30(37)34(25-13-7-4-10-22(25)28)17-27(36)31-16-19-14-15-26(39-19)29-32-23-11-5-6-12-24(23)33-29/h2-15,28H,16-17H2,1H3,(H,31,36)(H,32,33). The number of imidazole rings is 1. The van der Waals surface area contributed by atoms with Crippen LogP contribution >= 0.6 is 11.3 Å². The zero-order valence-electron chi connectivity index (χ0n) is 21.0. The smallest absolute Gasteiger partial charge is 0.303 e. The fourth-order valence-electron chi connectivity index (χ4n) is 4.80. The molecular formula is C30H24N4O4S. The summed E-state index contributed by atoms with van der Waals surface area (Å²) >= 11 is 1.54. The number of thiophene rings is 1. The number of rotatable bonds is 6. The number of aromatic nitrogens is 2. The lowest BCUT2D eigenvalue weighted by atomic mass is 9.97. The van der Waals surface area contributed by atoms with Gasteiger partial charge in [0.1, 0.15) is 12.4 Å². The molecule has 9 heteroatoms. The fourth-order valence-corrected chi connectivity index (χ4v) is 5.69. The lowest BCUT2D eigenvalue weighted by Crippen LogP contribution is -2.40. The van der Waals surface area contributed by atoms with Crippen molar-refractivity contribution >= 4 is 45.8 Å². The molecule has 1 unspecified atom stereocenters. The van der Waals surface area contributed by atoms with E-state index < -0.39 is 12.1 Å². The lowest BCUT2D eigenvalue weighted by molar-refractivity contribution is -0.144. The van der Waals surface area contributed by atoms with Gasteiger partial charge in [-0.1, -0.05) is 48.5 Å². The number of ether oxygens (including phenoxy) is 1. The molecule has 6 rings (SSSR count). The zero-order valence-corrected chi connectivity index (χ0v) is 21.8. The Morgan fingerprint density at radius 2 is 1.72 bits per heavy atom. The largest absolute Gasteiger partial charge is 0.453 e. The van der Waals surface area contributed by atoms with Crippen LogP contribution in [0.5, 0.6) is 0 Å². The number of benzene rings is 3. The van der Waals surface area contributed by atoms with Gasteiger partial charge in [-0.2, -0.15) is 0 Å². The third-order valence-electron chi connectivity index (χ3n) is 6.56. The summed E-state index contributed by atoms with van der Waals surface area (Å²) < 4.78 is 5.66. The van der Waals surface area contributed by atoms with Crippen molar-refractivity contribution in [3.8, 4) is 10.7 Å². The maximum atomic E-state index is 13.7. The molecule has 194 valence electrons. The molecule has 0 spiro atoms. The van der Waals surface area contributed by atoms with E-state index in [0.29, 0.717) is 28.9 Å². The van der Waals surface area contributed by atoms with Crippen LogP contribution in [0.1, 0.15) is 39.4 Å². The molecule has 0 fully saturated rings. The molecule has 0 saturated heterocycles. The summed E-state index contributed by atoms with van der Waals surface area (Å²) in [6, 6.07) is 26.0. The molecule has 1 aliphatic heterocycles. The molecule has 3 heterocycles. The molecule has 3 aromatic carbocycles. The first kappa shape index (κ1) is 24.6. The molecule has 2 N–H and O–H groups in total. The van der Waals surface area contributed by atoms with Gasteiger partial charge >= 0.3 is 5.97 Å². The van der Waals surface area contributed by atoms with Crippen LogP contribution in [0.4, 0.5) is 5.69 Å². The van der Waals surface area contributed by atoms with E-state index in [1.807, 2.05) is 48.5 Å². The number of hydrogen-bond donors (Lipinski definition) is 2. The number of nitrogens with zero attached hydrogens (tertiary/aromatic N) is 2. The summed E-state index contributed by atoms with van der Waals surface area (Å²) in [7, 11) is 0. The average Bonchev–Trinajstić information content (AvgIpc) is 3.58.